The van der Waals surface area contributed by atoms with Crippen LogP contribution >= 0.6 is 27.5 Å². The molecule has 9 nitrogen and oxygen atoms in total. The lowest BCUT2D eigenvalue weighted by Crippen LogP contribution is -2.36. The van der Waals surface area contributed by atoms with Crippen molar-refractivity contribution in [3.05, 3.63) is 92.0 Å². The fourth-order valence-electron chi connectivity index (χ4n) is 6.81. The third-order valence-corrected chi connectivity index (χ3v) is 10.5. The first kappa shape index (κ1) is 37.4. The number of ether oxygens (including phenoxy) is 2. The van der Waals surface area contributed by atoms with Gasteiger partial charge in [-0.1, -0.05) is 37.8 Å². The van der Waals surface area contributed by atoms with E-state index in [0.717, 1.165) is 22.0 Å². The van der Waals surface area contributed by atoms with Crippen LogP contribution in [-0.4, -0.2) is 60.1 Å². The van der Waals surface area contributed by atoms with E-state index in [1.165, 1.54) is 32.1 Å². The summed E-state index contributed by atoms with van der Waals surface area (Å²) >= 11 is 9.60. The molecule has 0 aliphatic heterocycles. The van der Waals surface area contributed by atoms with Crippen LogP contribution in [0.2, 0.25) is 5.02 Å². The standard InChI is InChI=1S/C39H46BrClN4O5/c1-4-44(30-10-6-5-7-11-30)24-28-20-27(21-34(40)37(28)42)38(47)43-18-8-9-19-50-36(46)23-32-25(2)45(35-17-16-31(49-3)22-33(32)35)39(48)26-12-14-29(41)15-13-26/h12-17,20-22,30H,4-11,18-19,23-24,42H2,1-3H3,(H,43,47). The van der Waals surface area contributed by atoms with Crippen molar-refractivity contribution in [1.82, 2.24) is 14.8 Å². The van der Waals surface area contributed by atoms with E-state index in [2.05, 4.69) is 33.1 Å². The molecule has 4 aromatic rings. The highest BCUT2D eigenvalue weighted by molar-refractivity contribution is 9.10. The van der Waals surface area contributed by atoms with Crippen LogP contribution in [0.3, 0.4) is 0 Å². The molecular weight excluding hydrogens is 720 g/mol. The second-order valence-corrected chi connectivity index (χ2v) is 14.1. The molecule has 0 atom stereocenters. The molecule has 1 amide bonds. The summed E-state index contributed by atoms with van der Waals surface area (Å²) < 4.78 is 13.4. The smallest absolute Gasteiger partial charge is 0.310 e. The quantitative estimate of drug-likeness (QED) is 0.0758. The molecule has 11 heteroatoms. The zero-order valence-electron chi connectivity index (χ0n) is 29.0. The van der Waals surface area contributed by atoms with Crippen LogP contribution in [0.15, 0.2) is 59.1 Å². The maximum Gasteiger partial charge on any atom is 0.310 e. The molecule has 1 aliphatic carbocycles. The zero-order chi connectivity index (χ0) is 35.8. The molecule has 1 fully saturated rings. The molecule has 1 aromatic heterocycles. The highest BCUT2D eigenvalue weighted by Gasteiger charge is 2.24. The Balaban J connectivity index is 1.14. The maximum atomic E-state index is 13.6. The van der Waals surface area contributed by atoms with Gasteiger partial charge in [0.25, 0.3) is 11.8 Å². The van der Waals surface area contributed by atoms with Crippen LogP contribution in [0.25, 0.3) is 10.9 Å². The number of halogens is 2. The van der Waals surface area contributed by atoms with E-state index in [0.29, 0.717) is 76.3 Å². The number of nitrogens with two attached hydrogens (primary N) is 1. The Labute approximate surface area is 307 Å². The third kappa shape index (κ3) is 8.89. The summed E-state index contributed by atoms with van der Waals surface area (Å²) in [6.07, 6.45) is 7.45. The molecule has 3 N–H and O–H groups in total. The second kappa shape index (κ2) is 17.4. The lowest BCUT2D eigenvalue weighted by molar-refractivity contribution is -0.142. The number of carbonyl (C=O) groups excluding carboxylic acids is 3. The number of aromatic nitrogens is 1. The van der Waals surface area contributed by atoms with Gasteiger partial charge in [-0.05, 0) is 121 Å². The van der Waals surface area contributed by atoms with E-state index in [-0.39, 0.29) is 24.8 Å². The van der Waals surface area contributed by atoms with Crippen LogP contribution in [-0.2, 0) is 22.5 Å². The predicted octanol–water partition coefficient (Wildman–Crippen LogP) is 8.10. The average molecular weight is 766 g/mol. The van der Waals surface area contributed by atoms with Crippen LogP contribution in [0.5, 0.6) is 5.75 Å². The molecule has 5 rings (SSSR count). The number of nitrogens with one attached hydrogen (secondary N) is 1. The number of nitrogens with zero attached hydrogens (tertiary/aromatic N) is 2. The molecule has 0 bridgehead atoms. The van der Waals surface area contributed by atoms with Gasteiger partial charge in [-0.25, -0.2) is 0 Å². The molecule has 1 heterocycles. The second-order valence-electron chi connectivity index (χ2n) is 12.8. The topological polar surface area (TPSA) is 116 Å². The monoisotopic (exact) mass is 764 g/mol. The first-order chi connectivity index (χ1) is 24.1. The number of anilines is 1. The summed E-state index contributed by atoms with van der Waals surface area (Å²) in [5.41, 5.74) is 11.1. The Bertz CT molecular complexity index is 1830. The van der Waals surface area contributed by atoms with Gasteiger partial charge in [-0.15, -0.1) is 0 Å². The number of amides is 1. The minimum atomic E-state index is -0.397. The molecular formula is C39H46BrClN4O5. The van der Waals surface area contributed by atoms with E-state index < -0.39 is 5.97 Å². The summed E-state index contributed by atoms with van der Waals surface area (Å²) in [5.74, 6) is -0.164. The Hall–Kier alpha value is -3.86. The molecule has 266 valence electrons. The number of hydrogen-bond donors (Lipinski definition) is 2. The Morgan fingerprint density at radius 3 is 2.46 bits per heavy atom. The first-order valence-electron chi connectivity index (χ1n) is 17.3. The van der Waals surface area contributed by atoms with Crippen molar-refractivity contribution in [1.29, 1.82) is 0 Å². The lowest BCUT2D eigenvalue weighted by Gasteiger charge is -2.34. The average Bonchev–Trinajstić information content (AvgIpc) is 3.39. The van der Waals surface area contributed by atoms with Gasteiger partial charge in [-0.3, -0.25) is 23.9 Å². The van der Waals surface area contributed by atoms with Crippen molar-refractivity contribution in [2.75, 3.05) is 32.5 Å². The number of nitrogen functional groups attached to an aromatic ring is 1. The Morgan fingerprint density at radius 2 is 1.76 bits per heavy atom. The molecule has 1 aliphatic rings. The number of methoxy groups -OCH3 is 1. The highest BCUT2D eigenvalue weighted by atomic mass is 79.9. The highest BCUT2D eigenvalue weighted by Crippen LogP contribution is 2.32. The van der Waals surface area contributed by atoms with Crippen molar-refractivity contribution >= 4 is 61.9 Å². The Morgan fingerprint density at radius 1 is 1.02 bits per heavy atom. The van der Waals surface area contributed by atoms with E-state index in [1.54, 1.807) is 48.1 Å². The molecule has 0 spiro atoms. The number of hydrogen-bond acceptors (Lipinski definition) is 7. The van der Waals surface area contributed by atoms with E-state index in [9.17, 15) is 14.4 Å². The van der Waals surface area contributed by atoms with Crippen LogP contribution in [0.4, 0.5) is 5.69 Å². The summed E-state index contributed by atoms with van der Waals surface area (Å²) in [7, 11) is 1.57. The summed E-state index contributed by atoms with van der Waals surface area (Å²) in [5, 5.41) is 4.28. The van der Waals surface area contributed by atoms with Gasteiger partial charge in [0, 0.05) is 50.8 Å². The lowest BCUT2D eigenvalue weighted by atomic mass is 9.93. The summed E-state index contributed by atoms with van der Waals surface area (Å²) in [4.78, 5) is 42.1. The predicted molar refractivity (Wildman–Crippen MR) is 202 cm³/mol. The summed E-state index contributed by atoms with van der Waals surface area (Å²) in [6.45, 7) is 6.30. The zero-order valence-corrected chi connectivity index (χ0v) is 31.4. The van der Waals surface area contributed by atoms with E-state index in [4.69, 9.17) is 26.8 Å². The fraction of sp³-hybridized carbons (Fsp3) is 0.410. The summed E-state index contributed by atoms with van der Waals surface area (Å²) in [6, 6.07) is 16.4. The largest absolute Gasteiger partial charge is 0.497 e. The van der Waals surface area contributed by atoms with Crippen molar-refractivity contribution in [2.24, 2.45) is 0 Å². The van der Waals surface area contributed by atoms with Gasteiger partial charge in [0.1, 0.15) is 5.75 Å². The Kier molecular flexibility index (Phi) is 13.0. The van der Waals surface area contributed by atoms with Crippen LogP contribution in [0.1, 0.15) is 89.4 Å². The number of fused-ring (bicyclic) bond motifs is 1. The molecule has 0 saturated heterocycles. The number of esters is 1. The van der Waals surface area contributed by atoms with Crippen LogP contribution < -0.4 is 15.8 Å². The van der Waals surface area contributed by atoms with Gasteiger partial charge in [-0.2, -0.15) is 0 Å². The van der Waals surface area contributed by atoms with E-state index >= 15 is 0 Å². The van der Waals surface area contributed by atoms with Crippen molar-refractivity contribution in [3.63, 3.8) is 0 Å². The molecule has 0 radical (unpaired) electrons. The fourth-order valence-corrected chi connectivity index (χ4v) is 7.44. The SMILES string of the molecule is CCN(Cc1cc(C(=O)NCCCCOC(=O)Cc2c(C)n(C(=O)c3ccc(Cl)cc3)c3ccc(OC)cc23)cc(Br)c1N)C1CCCCC1. The number of carbonyl (C=O) groups is 3. The van der Waals surface area contributed by atoms with Crippen LogP contribution in [0, 0.1) is 6.92 Å². The maximum absolute atomic E-state index is 13.6. The van der Waals surface area contributed by atoms with Crippen molar-refractivity contribution < 1.29 is 23.9 Å². The number of benzene rings is 3. The van der Waals surface area contributed by atoms with Gasteiger partial charge in [0.05, 0.1) is 31.3 Å². The third-order valence-electron chi connectivity index (χ3n) is 9.63. The van der Waals surface area contributed by atoms with Gasteiger partial charge in [0.15, 0.2) is 0 Å². The minimum Gasteiger partial charge on any atom is -0.497 e. The van der Waals surface area contributed by atoms with Gasteiger partial charge < -0.3 is 20.5 Å². The first-order valence-corrected chi connectivity index (χ1v) is 18.5. The normalized spacial score (nSPS) is 13.5. The minimum absolute atomic E-state index is 0.00229. The van der Waals surface area contributed by atoms with Crippen molar-refractivity contribution in [2.45, 2.75) is 77.8 Å². The molecule has 50 heavy (non-hydrogen) atoms. The number of rotatable bonds is 14. The van der Waals surface area contributed by atoms with Gasteiger partial charge in [0.2, 0.25) is 0 Å². The molecule has 3 aromatic carbocycles. The van der Waals surface area contributed by atoms with Crippen molar-refractivity contribution in [3.8, 4) is 5.75 Å². The molecule has 0 unspecified atom stereocenters. The molecule has 1 saturated carbocycles. The van der Waals surface area contributed by atoms with E-state index in [1.807, 2.05) is 25.1 Å². The van der Waals surface area contributed by atoms with Gasteiger partial charge >= 0.3 is 5.97 Å². The number of unbranched alkanes of at least 4 members (excludes halogenated alkanes) is 1.